The van der Waals surface area contributed by atoms with E-state index in [-0.39, 0.29) is 5.82 Å². The van der Waals surface area contributed by atoms with Crippen molar-refractivity contribution in [3.63, 3.8) is 0 Å². The largest absolute Gasteiger partial charge is 0.350 e. The summed E-state index contributed by atoms with van der Waals surface area (Å²) >= 11 is 5.89. The fourth-order valence-corrected chi connectivity index (χ4v) is 1.71. The van der Waals surface area contributed by atoms with Crippen LogP contribution in [0.3, 0.4) is 0 Å². The lowest BCUT2D eigenvalue weighted by Crippen LogP contribution is -2.05. The van der Waals surface area contributed by atoms with Crippen molar-refractivity contribution < 1.29 is 4.39 Å². The van der Waals surface area contributed by atoms with Gasteiger partial charge in [-0.05, 0) is 30.2 Å². The van der Waals surface area contributed by atoms with Crippen LogP contribution >= 0.6 is 11.6 Å². The number of nitrogens with zero attached hydrogens (tertiary/aromatic N) is 2. The van der Waals surface area contributed by atoms with Gasteiger partial charge in [0, 0.05) is 12.2 Å². The van der Waals surface area contributed by atoms with Crippen LogP contribution in [-0.2, 0) is 13.0 Å². The van der Waals surface area contributed by atoms with Crippen LogP contribution in [-0.4, -0.2) is 9.97 Å². The van der Waals surface area contributed by atoms with Crippen molar-refractivity contribution >= 4 is 17.5 Å². The van der Waals surface area contributed by atoms with E-state index in [1.54, 1.807) is 18.2 Å². The molecule has 2 aromatic rings. The van der Waals surface area contributed by atoms with Crippen LogP contribution in [0.25, 0.3) is 0 Å². The number of aryl methyl sites for hydroxylation is 1. The zero-order chi connectivity index (χ0) is 13.0. The SMILES string of the molecule is CCc1cc(Cl)nc(NCc2ccc(F)cc2)n1. The number of anilines is 1. The van der Waals surface area contributed by atoms with Crippen molar-refractivity contribution in [1.82, 2.24) is 9.97 Å². The minimum Gasteiger partial charge on any atom is -0.350 e. The lowest BCUT2D eigenvalue weighted by Gasteiger charge is -2.06. The highest BCUT2D eigenvalue weighted by Gasteiger charge is 2.02. The Kier molecular flexibility index (Phi) is 4.10. The third kappa shape index (κ3) is 3.40. The molecular weight excluding hydrogens is 253 g/mol. The van der Waals surface area contributed by atoms with Gasteiger partial charge >= 0.3 is 0 Å². The fourth-order valence-electron chi connectivity index (χ4n) is 1.51. The van der Waals surface area contributed by atoms with Crippen LogP contribution in [0.15, 0.2) is 30.3 Å². The summed E-state index contributed by atoms with van der Waals surface area (Å²) in [5.41, 5.74) is 1.84. The van der Waals surface area contributed by atoms with Gasteiger partial charge in [0.05, 0.1) is 0 Å². The zero-order valence-electron chi connectivity index (χ0n) is 9.95. The monoisotopic (exact) mass is 265 g/mol. The van der Waals surface area contributed by atoms with Gasteiger partial charge in [0.25, 0.3) is 0 Å². The molecule has 0 bridgehead atoms. The first-order valence-corrected chi connectivity index (χ1v) is 6.07. The van der Waals surface area contributed by atoms with E-state index in [9.17, 15) is 4.39 Å². The summed E-state index contributed by atoms with van der Waals surface area (Å²) in [7, 11) is 0. The zero-order valence-corrected chi connectivity index (χ0v) is 10.7. The molecule has 0 saturated heterocycles. The molecule has 5 heteroatoms. The van der Waals surface area contributed by atoms with Gasteiger partial charge in [-0.25, -0.2) is 14.4 Å². The summed E-state index contributed by atoms with van der Waals surface area (Å²) in [5.74, 6) is 0.245. The first-order valence-electron chi connectivity index (χ1n) is 5.69. The Hall–Kier alpha value is -1.68. The topological polar surface area (TPSA) is 37.8 Å². The van der Waals surface area contributed by atoms with Gasteiger partial charge in [0.2, 0.25) is 5.95 Å². The molecule has 1 N–H and O–H groups in total. The molecule has 0 saturated carbocycles. The Morgan fingerprint density at radius 3 is 2.61 bits per heavy atom. The third-order valence-corrected chi connectivity index (χ3v) is 2.67. The number of benzene rings is 1. The molecule has 0 unspecified atom stereocenters. The van der Waals surface area contributed by atoms with E-state index in [1.807, 2.05) is 6.92 Å². The van der Waals surface area contributed by atoms with Crippen LogP contribution in [0.5, 0.6) is 0 Å². The van der Waals surface area contributed by atoms with Gasteiger partial charge in [-0.2, -0.15) is 0 Å². The number of hydrogen-bond acceptors (Lipinski definition) is 3. The molecule has 0 aliphatic heterocycles. The smallest absolute Gasteiger partial charge is 0.224 e. The van der Waals surface area contributed by atoms with Crippen molar-refractivity contribution in [3.05, 3.63) is 52.6 Å². The highest BCUT2D eigenvalue weighted by Crippen LogP contribution is 2.12. The fraction of sp³-hybridized carbons (Fsp3) is 0.231. The number of nitrogens with one attached hydrogen (secondary N) is 1. The normalized spacial score (nSPS) is 10.4. The second-order valence-electron chi connectivity index (χ2n) is 3.84. The van der Waals surface area contributed by atoms with E-state index in [4.69, 9.17) is 11.6 Å². The Morgan fingerprint density at radius 1 is 1.22 bits per heavy atom. The highest BCUT2D eigenvalue weighted by atomic mass is 35.5. The molecule has 0 aliphatic carbocycles. The summed E-state index contributed by atoms with van der Waals surface area (Å²) in [4.78, 5) is 8.39. The molecule has 18 heavy (non-hydrogen) atoms. The quantitative estimate of drug-likeness (QED) is 0.861. The van der Waals surface area contributed by atoms with Gasteiger partial charge in [-0.3, -0.25) is 0 Å². The third-order valence-electron chi connectivity index (χ3n) is 2.47. The lowest BCUT2D eigenvalue weighted by atomic mass is 10.2. The first kappa shape index (κ1) is 12.8. The molecule has 0 spiro atoms. The van der Waals surface area contributed by atoms with Gasteiger partial charge < -0.3 is 5.32 Å². The summed E-state index contributed by atoms with van der Waals surface area (Å²) in [6, 6.07) is 8.02. The van der Waals surface area contributed by atoms with Gasteiger partial charge in [-0.15, -0.1) is 0 Å². The van der Waals surface area contributed by atoms with E-state index >= 15 is 0 Å². The van der Waals surface area contributed by atoms with Gasteiger partial charge in [-0.1, -0.05) is 30.7 Å². The second kappa shape index (κ2) is 5.78. The van der Waals surface area contributed by atoms with Crippen molar-refractivity contribution in [2.24, 2.45) is 0 Å². The molecule has 3 nitrogen and oxygen atoms in total. The van der Waals surface area contributed by atoms with Crippen LogP contribution in [0.1, 0.15) is 18.2 Å². The number of aromatic nitrogens is 2. The predicted octanol–water partition coefficient (Wildman–Crippen LogP) is 3.44. The summed E-state index contributed by atoms with van der Waals surface area (Å²) < 4.78 is 12.7. The Morgan fingerprint density at radius 2 is 1.94 bits per heavy atom. The summed E-state index contributed by atoms with van der Waals surface area (Å²) in [5, 5.41) is 3.49. The number of halogens is 2. The Balaban J connectivity index is 2.05. The maximum atomic E-state index is 12.7. The maximum Gasteiger partial charge on any atom is 0.224 e. The van der Waals surface area contributed by atoms with E-state index in [0.29, 0.717) is 17.6 Å². The molecule has 0 radical (unpaired) electrons. The molecule has 1 aromatic heterocycles. The van der Waals surface area contributed by atoms with E-state index in [2.05, 4.69) is 15.3 Å². The molecule has 2 rings (SSSR count). The Labute approximate surface area is 110 Å². The highest BCUT2D eigenvalue weighted by molar-refractivity contribution is 6.29. The van der Waals surface area contributed by atoms with Crippen molar-refractivity contribution in [2.75, 3.05) is 5.32 Å². The van der Waals surface area contributed by atoms with E-state index < -0.39 is 0 Å². The average molecular weight is 266 g/mol. The molecule has 94 valence electrons. The van der Waals surface area contributed by atoms with Gasteiger partial charge in [0.1, 0.15) is 11.0 Å². The van der Waals surface area contributed by atoms with Crippen LogP contribution in [0.2, 0.25) is 5.15 Å². The Bertz CT molecular complexity index is 528. The average Bonchev–Trinajstić information content (AvgIpc) is 2.37. The predicted molar refractivity (Wildman–Crippen MR) is 70.1 cm³/mol. The second-order valence-corrected chi connectivity index (χ2v) is 4.23. The molecule has 1 heterocycles. The summed E-state index contributed by atoms with van der Waals surface area (Å²) in [6.45, 7) is 2.53. The van der Waals surface area contributed by atoms with E-state index in [1.165, 1.54) is 12.1 Å². The standard InChI is InChI=1S/C13H13ClFN3/c1-2-11-7-12(14)18-13(17-11)16-8-9-3-5-10(15)6-4-9/h3-7H,2,8H2,1H3,(H,16,17,18). The molecule has 1 aromatic carbocycles. The van der Waals surface area contributed by atoms with E-state index in [0.717, 1.165) is 17.7 Å². The van der Waals surface area contributed by atoms with Crippen LogP contribution < -0.4 is 5.32 Å². The van der Waals surface area contributed by atoms with Gasteiger partial charge in [0.15, 0.2) is 0 Å². The molecule has 0 fully saturated rings. The minimum absolute atomic E-state index is 0.244. The molecular formula is C13H13ClFN3. The maximum absolute atomic E-state index is 12.7. The number of hydrogen-bond donors (Lipinski definition) is 1. The lowest BCUT2D eigenvalue weighted by molar-refractivity contribution is 0.627. The summed E-state index contributed by atoms with van der Waals surface area (Å²) in [6.07, 6.45) is 0.799. The minimum atomic E-state index is -0.244. The molecule has 0 amide bonds. The van der Waals surface area contributed by atoms with Crippen LogP contribution in [0, 0.1) is 5.82 Å². The molecule has 0 atom stereocenters. The van der Waals surface area contributed by atoms with Crippen molar-refractivity contribution in [3.8, 4) is 0 Å². The number of rotatable bonds is 4. The first-order chi connectivity index (χ1) is 8.67. The van der Waals surface area contributed by atoms with Crippen LogP contribution in [0.4, 0.5) is 10.3 Å². The van der Waals surface area contributed by atoms with Crippen molar-refractivity contribution in [1.29, 1.82) is 0 Å². The molecule has 0 aliphatic rings. The van der Waals surface area contributed by atoms with Crippen molar-refractivity contribution in [2.45, 2.75) is 19.9 Å².